The fourth-order valence-electron chi connectivity index (χ4n) is 6.15. The van der Waals surface area contributed by atoms with E-state index in [0.29, 0.717) is 6.42 Å². The van der Waals surface area contributed by atoms with Crippen LogP contribution in [0.25, 0.3) is 0 Å². The minimum absolute atomic E-state index is 0.0450. The first-order chi connectivity index (χ1) is 18.8. The van der Waals surface area contributed by atoms with Gasteiger partial charge in [0.25, 0.3) is 0 Å². The summed E-state index contributed by atoms with van der Waals surface area (Å²) in [6.45, 7) is 10.9. The van der Waals surface area contributed by atoms with Crippen molar-refractivity contribution in [2.75, 3.05) is 13.2 Å². The van der Waals surface area contributed by atoms with Crippen molar-refractivity contribution in [3.8, 4) is 0 Å². The van der Waals surface area contributed by atoms with Crippen LogP contribution in [0.1, 0.15) is 131 Å². The lowest BCUT2D eigenvalue weighted by atomic mass is 9.92. The number of nitrogens with one attached hydrogen (secondary N) is 1. The molecule has 0 spiro atoms. The zero-order valence-electron chi connectivity index (χ0n) is 25.6. The van der Waals surface area contributed by atoms with Crippen LogP contribution in [0.15, 0.2) is 12.2 Å². The van der Waals surface area contributed by atoms with E-state index in [1.54, 1.807) is 0 Å². The molecular weight excluding hydrogens is 494 g/mol. The third-order valence-electron chi connectivity index (χ3n) is 8.12. The van der Waals surface area contributed by atoms with Gasteiger partial charge in [0.05, 0.1) is 0 Å². The summed E-state index contributed by atoms with van der Waals surface area (Å²) in [6, 6.07) is -0.0450. The standard InChI is InChI=1S/C32H59NO6/c1-6-7-8-9-10-11-12-13-14-15-16-17-18-19-20-21-23-33-25(22-24-34)26-27-28(37-31(2,3)36-27)29-30(35-26)39-32(4,5)38-29/h13-14,25-30,33-34H,6-12,15-24H2,1-5H3/b14-13-/t25-,26+,27-,28-,29+,30+/m0/s1. The molecule has 0 aromatic carbocycles. The van der Waals surface area contributed by atoms with Crippen molar-refractivity contribution < 1.29 is 28.8 Å². The highest BCUT2D eigenvalue weighted by Crippen LogP contribution is 2.45. The average Bonchev–Trinajstić information content (AvgIpc) is 3.38. The fourth-order valence-corrected chi connectivity index (χ4v) is 6.15. The van der Waals surface area contributed by atoms with Crippen molar-refractivity contribution in [2.45, 2.75) is 179 Å². The molecule has 3 saturated heterocycles. The van der Waals surface area contributed by atoms with Gasteiger partial charge in [-0.05, 0) is 72.8 Å². The highest BCUT2D eigenvalue weighted by Gasteiger charge is 2.61. The van der Waals surface area contributed by atoms with Crippen LogP contribution in [0.4, 0.5) is 0 Å². The molecule has 3 aliphatic rings. The maximum Gasteiger partial charge on any atom is 0.190 e. The Bertz CT molecular complexity index is 698. The van der Waals surface area contributed by atoms with E-state index in [1.807, 2.05) is 27.7 Å². The molecule has 0 amide bonds. The molecule has 3 fully saturated rings. The van der Waals surface area contributed by atoms with Gasteiger partial charge in [0.1, 0.15) is 24.4 Å². The number of aliphatic hydroxyl groups excluding tert-OH is 1. The smallest absolute Gasteiger partial charge is 0.190 e. The minimum Gasteiger partial charge on any atom is -0.396 e. The zero-order chi connectivity index (χ0) is 28.1. The van der Waals surface area contributed by atoms with Gasteiger partial charge in [0.15, 0.2) is 17.9 Å². The predicted molar refractivity (Wildman–Crippen MR) is 155 cm³/mol. The molecule has 7 nitrogen and oxygen atoms in total. The minimum atomic E-state index is -0.728. The molecule has 0 saturated carbocycles. The van der Waals surface area contributed by atoms with Crippen molar-refractivity contribution in [3.63, 3.8) is 0 Å². The lowest BCUT2D eigenvalue weighted by Gasteiger charge is -2.41. The Kier molecular flexibility index (Phi) is 14.2. The van der Waals surface area contributed by atoms with Crippen LogP contribution in [-0.2, 0) is 23.7 Å². The number of allylic oxidation sites excluding steroid dienone is 2. The van der Waals surface area contributed by atoms with Crippen LogP contribution in [0.2, 0.25) is 0 Å². The highest BCUT2D eigenvalue weighted by atomic mass is 16.9. The van der Waals surface area contributed by atoms with E-state index < -0.39 is 17.9 Å². The molecule has 0 aromatic heterocycles. The first kappa shape index (κ1) is 33.0. The number of hydrogen-bond donors (Lipinski definition) is 2. The van der Waals surface area contributed by atoms with Crippen LogP contribution in [0.5, 0.6) is 0 Å². The quantitative estimate of drug-likeness (QED) is 0.127. The van der Waals surface area contributed by atoms with Crippen LogP contribution in [0, 0.1) is 0 Å². The number of unbranched alkanes of at least 4 members (excludes halogenated alkanes) is 12. The number of fused-ring (bicyclic) bond motifs is 3. The largest absolute Gasteiger partial charge is 0.396 e. The van der Waals surface area contributed by atoms with Crippen molar-refractivity contribution in [3.05, 3.63) is 12.2 Å². The van der Waals surface area contributed by atoms with Gasteiger partial charge in [-0.25, -0.2) is 0 Å². The molecule has 228 valence electrons. The SMILES string of the molecule is CCCCCCCC/C=C\CCCCCCCCN[C@@H](CCO)[C@H]1O[C@@H]2OC(C)(C)O[C@@H]2[C@H]2OC(C)(C)O[C@H]21. The van der Waals surface area contributed by atoms with Gasteiger partial charge in [-0.1, -0.05) is 76.9 Å². The van der Waals surface area contributed by atoms with Gasteiger partial charge >= 0.3 is 0 Å². The van der Waals surface area contributed by atoms with Crippen LogP contribution < -0.4 is 5.32 Å². The van der Waals surface area contributed by atoms with Crippen molar-refractivity contribution in [1.82, 2.24) is 5.32 Å². The molecule has 3 heterocycles. The summed E-state index contributed by atoms with van der Waals surface area (Å²) >= 11 is 0. The van der Waals surface area contributed by atoms with E-state index in [1.165, 1.54) is 83.5 Å². The molecule has 0 aromatic rings. The molecule has 0 aliphatic carbocycles. The van der Waals surface area contributed by atoms with Crippen LogP contribution in [0.3, 0.4) is 0 Å². The van der Waals surface area contributed by atoms with E-state index in [0.717, 1.165) is 13.0 Å². The molecule has 3 aliphatic heterocycles. The topological polar surface area (TPSA) is 78.4 Å². The van der Waals surface area contributed by atoms with Gasteiger partial charge in [0.2, 0.25) is 0 Å². The third-order valence-corrected chi connectivity index (χ3v) is 8.12. The summed E-state index contributed by atoms with van der Waals surface area (Å²) in [6.07, 6.45) is 22.0. The Balaban J connectivity index is 1.29. The molecule has 0 unspecified atom stereocenters. The first-order valence-electron chi connectivity index (χ1n) is 16.1. The van der Waals surface area contributed by atoms with Gasteiger partial charge < -0.3 is 34.1 Å². The average molecular weight is 554 g/mol. The maximum atomic E-state index is 9.80. The third kappa shape index (κ3) is 11.0. The van der Waals surface area contributed by atoms with E-state index in [-0.39, 0.29) is 37.1 Å². The van der Waals surface area contributed by atoms with Crippen LogP contribution >= 0.6 is 0 Å². The van der Waals surface area contributed by atoms with E-state index in [4.69, 9.17) is 23.7 Å². The Morgan fingerprint density at radius 3 is 1.87 bits per heavy atom. The second-order valence-corrected chi connectivity index (χ2v) is 12.6. The van der Waals surface area contributed by atoms with Gasteiger partial charge in [-0.2, -0.15) is 0 Å². The number of hydrogen-bond acceptors (Lipinski definition) is 7. The van der Waals surface area contributed by atoms with Gasteiger partial charge in [-0.3, -0.25) is 0 Å². The summed E-state index contributed by atoms with van der Waals surface area (Å²) in [7, 11) is 0. The Morgan fingerprint density at radius 1 is 0.692 bits per heavy atom. The second kappa shape index (κ2) is 16.8. The maximum absolute atomic E-state index is 9.80. The molecule has 3 rings (SSSR count). The highest BCUT2D eigenvalue weighted by molar-refractivity contribution is 5.03. The summed E-state index contributed by atoms with van der Waals surface area (Å²) in [4.78, 5) is 0. The van der Waals surface area contributed by atoms with Gasteiger partial charge in [0, 0.05) is 12.6 Å². The Morgan fingerprint density at radius 2 is 1.23 bits per heavy atom. The fraction of sp³-hybridized carbons (Fsp3) is 0.938. The molecule has 6 atom stereocenters. The van der Waals surface area contributed by atoms with Gasteiger partial charge in [-0.15, -0.1) is 0 Å². The second-order valence-electron chi connectivity index (χ2n) is 12.6. The normalized spacial score (nSPS) is 30.1. The number of ether oxygens (including phenoxy) is 5. The first-order valence-corrected chi connectivity index (χ1v) is 16.1. The lowest BCUT2D eigenvalue weighted by Crippen LogP contribution is -2.61. The summed E-state index contributed by atoms with van der Waals surface area (Å²) < 4.78 is 31.1. The predicted octanol–water partition coefficient (Wildman–Crippen LogP) is 6.76. The lowest BCUT2D eigenvalue weighted by molar-refractivity contribution is -0.240. The molecule has 0 bridgehead atoms. The summed E-state index contributed by atoms with van der Waals surface area (Å²) in [5.41, 5.74) is 0. The molecular formula is C32H59NO6. The monoisotopic (exact) mass is 553 g/mol. The zero-order valence-corrected chi connectivity index (χ0v) is 25.6. The van der Waals surface area contributed by atoms with E-state index in [9.17, 15) is 5.11 Å². The number of rotatable bonds is 20. The molecule has 39 heavy (non-hydrogen) atoms. The van der Waals surface area contributed by atoms with Crippen molar-refractivity contribution >= 4 is 0 Å². The molecule has 7 heteroatoms. The Hall–Kier alpha value is -0.540. The molecule has 2 N–H and O–H groups in total. The van der Waals surface area contributed by atoms with Crippen molar-refractivity contribution in [1.29, 1.82) is 0 Å². The van der Waals surface area contributed by atoms with E-state index >= 15 is 0 Å². The van der Waals surface area contributed by atoms with E-state index in [2.05, 4.69) is 24.4 Å². The Labute approximate surface area is 238 Å². The molecule has 0 radical (unpaired) electrons. The number of aliphatic hydroxyl groups is 1. The van der Waals surface area contributed by atoms with Crippen LogP contribution in [-0.4, -0.2) is 66.6 Å². The summed E-state index contributed by atoms with van der Waals surface area (Å²) in [5.74, 6) is -1.44. The summed E-state index contributed by atoms with van der Waals surface area (Å²) in [5, 5.41) is 13.5. The van der Waals surface area contributed by atoms with Crippen molar-refractivity contribution in [2.24, 2.45) is 0 Å².